The number of rotatable bonds is 7. The van der Waals surface area contributed by atoms with Crippen LogP contribution in [0.15, 0.2) is 29.3 Å². The van der Waals surface area contributed by atoms with Crippen LogP contribution in [0.4, 0.5) is 17.6 Å². The van der Waals surface area contributed by atoms with Gasteiger partial charge in [-0.15, -0.1) is 0 Å². The van der Waals surface area contributed by atoms with Crippen LogP contribution in [0, 0.1) is 11.7 Å². The summed E-state index contributed by atoms with van der Waals surface area (Å²) in [6.45, 7) is 3.90. The van der Waals surface area contributed by atoms with Crippen molar-refractivity contribution in [2.45, 2.75) is 37.8 Å². The normalized spacial score (nSPS) is 22.3. The summed E-state index contributed by atoms with van der Waals surface area (Å²) in [4.78, 5) is 6.13. The van der Waals surface area contributed by atoms with E-state index in [1.807, 2.05) is 13.0 Å². The molecule has 1 aromatic rings. The number of alkyl halides is 3. The molecule has 1 aliphatic heterocycles. The molecule has 0 radical (unpaired) electrons. The van der Waals surface area contributed by atoms with Crippen LogP contribution in [0.5, 0.6) is 0 Å². The molecule has 3 rings (SSSR count). The zero-order valence-electron chi connectivity index (χ0n) is 16.2. The molecule has 2 N–H and O–H groups in total. The number of likely N-dealkylation sites (tertiary alicyclic amines) is 1. The van der Waals surface area contributed by atoms with E-state index in [4.69, 9.17) is 0 Å². The van der Waals surface area contributed by atoms with Crippen molar-refractivity contribution in [3.05, 3.63) is 35.6 Å². The van der Waals surface area contributed by atoms with Crippen LogP contribution >= 0.6 is 0 Å². The molecule has 4 nitrogen and oxygen atoms in total. The second-order valence-electron chi connectivity index (χ2n) is 7.87. The number of aliphatic imine (C=N–C) groups is 1. The van der Waals surface area contributed by atoms with E-state index in [0.717, 1.165) is 24.8 Å². The smallest absolute Gasteiger partial charge is 0.357 e. The van der Waals surface area contributed by atoms with Crippen LogP contribution in [-0.4, -0.2) is 56.3 Å². The van der Waals surface area contributed by atoms with Crippen LogP contribution in [0.3, 0.4) is 0 Å². The summed E-state index contributed by atoms with van der Waals surface area (Å²) in [6, 6.07) is 6.69. The summed E-state index contributed by atoms with van der Waals surface area (Å²) >= 11 is 0. The van der Waals surface area contributed by atoms with Crippen LogP contribution in [0.2, 0.25) is 0 Å². The molecule has 8 heteroatoms. The monoisotopic (exact) mass is 400 g/mol. The zero-order valence-corrected chi connectivity index (χ0v) is 16.2. The van der Waals surface area contributed by atoms with Gasteiger partial charge in [0.15, 0.2) is 5.96 Å². The van der Waals surface area contributed by atoms with Gasteiger partial charge in [0.1, 0.15) is 5.82 Å². The van der Waals surface area contributed by atoms with Crippen molar-refractivity contribution in [2.75, 3.05) is 39.3 Å². The standard InChI is InChI=1S/C20H28F4N4/c1-2-25-18(26-11-15-6-9-28(12-15)14-20(22,23)24)27-13-19(7-8-19)16-4-3-5-17(21)10-16/h3-5,10,15H,2,6-9,11-14H2,1H3,(H2,25,26,27). The van der Waals surface area contributed by atoms with Gasteiger partial charge in [0.2, 0.25) is 0 Å². The lowest BCUT2D eigenvalue weighted by molar-refractivity contribution is -0.143. The van der Waals surface area contributed by atoms with Gasteiger partial charge in [-0.05, 0) is 56.3 Å². The van der Waals surface area contributed by atoms with E-state index in [2.05, 4.69) is 15.6 Å². The van der Waals surface area contributed by atoms with Crippen molar-refractivity contribution in [1.29, 1.82) is 0 Å². The van der Waals surface area contributed by atoms with Gasteiger partial charge in [0, 0.05) is 25.0 Å². The third-order valence-electron chi connectivity index (χ3n) is 5.51. The molecule has 1 atom stereocenters. The highest BCUT2D eigenvalue weighted by Gasteiger charge is 2.44. The molecule has 0 aromatic heterocycles. The lowest BCUT2D eigenvalue weighted by Gasteiger charge is -2.19. The largest absolute Gasteiger partial charge is 0.401 e. The minimum Gasteiger partial charge on any atom is -0.357 e. The number of nitrogens with one attached hydrogen (secondary N) is 2. The third-order valence-corrected chi connectivity index (χ3v) is 5.51. The Bertz CT molecular complexity index is 685. The summed E-state index contributed by atoms with van der Waals surface area (Å²) in [7, 11) is 0. The first kappa shape index (κ1) is 20.9. The second kappa shape index (κ2) is 8.68. The Labute approximate surface area is 163 Å². The summed E-state index contributed by atoms with van der Waals surface area (Å²) in [5.74, 6) is 0.603. The van der Waals surface area contributed by atoms with E-state index in [1.165, 1.54) is 11.0 Å². The molecule has 0 spiro atoms. The number of hydrogen-bond donors (Lipinski definition) is 2. The maximum atomic E-state index is 13.5. The maximum absolute atomic E-state index is 13.5. The van der Waals surface area contributed by atoms with E-state index in [1.54, 1.807) is 12.1 Å². The van der Waals surface area contributed by atoms with Gasteiger partial charge in [0.05, 0.1) is 13.1 Å². The summed E-state index contributed by atoms with van der Waals surface area (Å²) in [5, 5.41) is 6.46. The van der Waals surface area contributed by atoms with Gasteiger partial charge >= 0.3 is 6.18 Å². The number of benzene rings is 1. The lowest BCUT2D eigenvalue weighted by Crippen LogP contribution is -2.41. The molecular weight excluding hydrogens is 372 g/mol. The predicted octanol–water partition coefficient (Wildman–Crippen LogP) is 3.30. The molecule has 1 aromatic carbocycles. The molecule has 0 bridgehead atoms. The minimum atomic E-state index is -4.14. The average Bonchev–Trinajstić information content (AvgIpc) is 3.30. The van der Waals surface area contributed by atoms with Crippen LogP contribution in [0.25, 0.3) is 0 Å². The van der Waals surface area contributed by atoms with Gasteiger partial charge in [-0.3, -0.25) is 9.89 Å². The topological polar surface area (TPSA) is 39.7 Å². The number of guanidine groups is 1. The van der Waals surface area contributed by atoms with Gasteiger partial charge in [-0.25, -0.2) is 4.39 Å². The van der Waals surface area contributed by atoms with Crippen molar-refractivity contribution in [1.82, 2.24) is 15.5 Å². The minimum absolute atomic E-state index is 0.0959. The van der Waals surface area contributed by atoms with Crippen molar-refractivity contribution >= 4 is 5.96 Å². The van der Waals surface area contributed by atoms with E-state index >= 15 is 0 Å². The maximum Gasteiger partial charge on any atom is 0.401 e. The predicted molar refractivity (Wildman–Crippen MR) is 102 cm³/mol. The van der Waals surface area contributed by atoms with Gasteiger partial charge < -0.3 is 10.6 Å². The highest BCUT2D eigenvalue weighted by molar-refractivity contribution is 5.79. The number of halogens is 4. The SMILES string of the molecule is CCNC(=NCC1(c2cccc(F)c2)CC1)NCC1CCN(CC(F)(F)F)C1. The molecule has 28 heavy (non-hydrogen) atoms. The third kappa shape index (κ3) is 5.83. The molecule has 1 aliphatic carbocycles. The number of nitrogens with zero attached hydrogens (tertiary/aromatic N) is 2. The Balaban J connectivity index is 1.53. The molecule has 2 fully saturated rings. The average molecular weight is 400 g/mol. The molecule has 156 valence electrons. The van der Waals surface area contributed by atoms with Crippen molar-refractivity contribution in [3.8, 4) is 0 Å². The van der Waals surface area contributed by atoms with Gasteiger partial charge in [-0.2, -0.15) is 13.2 Å². The van der Waals surface area contributed by atoms with E-state index in [0.29, 0.717) is 38.7 Å². The molecule has 0 amide bonds. The van der Waals surface area contributed by atoms with Crippen LogP contribution < -0.4 is 10.6 Å². The zero-order chi connectivity index (χ0) is 20.2. The second-order valence-corrected chi connectivity index (χ2v) is 7.87. The molecule has 1 saturated heterocycles. The first-order valence-corrected chi connectivity index (χ1v) is 9.87. The summed E-state index contributed by atoms with van der Waals surface area (Å²) in [6.07, 6.45) is -1.44. The molecule has 1 unspecified atom stereocenters. The molecular formula is C20H28F4N4. The van der Waals surface area contributed by atoms with E-state index in [-0.39, 0.29) is 17.2 Å². The Morgan fingerprint density at radius 3 is 2.71 bits per heavy atom. The molecule has 1 saturated carbocycles. The highest BCUT2D eigenvalue weighted by Crippen LogP contribution is 2.48. The van der Waals surface area contributed by atoms with Gasteiger partial charge in [-0.1, -0.05) is 12.1 Å². The van der Waals surface area contributed by atoms with Crippen molar-refractivity contribution in [2.24, 2.45) is 10.9 Å². The van der Waals surface area contributed by atoms with E-state index < -0.39 is 12.7 Å². The van der Waals surface area contributed by atoms with Crippen LogP contribution in [0.1, 0.15) is 31.7 Å². The summed E-state index contributed by atoms with van der Waals surface area (Å²) < 4.78 is 51.1. The first-order chi connectivity index (χ1) is 13.3. The first-order valence-electron chi connectivity index (χ1n) is 9.87. The summed E-state index contributed by atoms with van der Waals surface area (Å²) in [5.41, 5.74) is 0.882. The fourth-order valence-corrected chi connectivity index (χ4v) is 3.80. The Kier molecular flexibility index (Phi) is 6.47. The van der Waals surface area contributed by atoms with Crippen LogP contribution in [-0.2, 0) is 5.41 Å². The molecule has 2 aliphatic rings. The van der Waals surface area contributed by atoms with Crippen molar-refractivity contribution in [3.63, 3.8) is 0 Å². The number of hydrogen-bond acceptors (Lipinski definition) is 2. The van der Waals surface area contributed by atoms with Crippen molar-refractivity contribution < 1.29 is 17.6 Å². The Morgan fingerprint density at radius 1 is 1.29 bits per heavy atom. The highest BCUT2D eigenvalue weighted by atomic mass is 19.4. The van der Waals surface area contributed by atoms with Gasteiger partial charge in [0.25, 0.3) is 0 Å². The Morgan fingerprint density at radius 2 is 2.07 bits per heavy atom. The fourth-order valence-electron chi connectivity index (χ4n) is 3.80. The van der Waals surface area contributed by atoms with E-state index in [9.17, 15) is 17.6 Å². The quantitative estimate of drug-likeness (QED) is 0.419. The lowest BCUT2D eigenvalue weighted by atomic mass is 9.96. The fraction of sp³-hybridized carbons (Fsp3) is 0.650. The Hall–Kier alpha value is -1.83. The molecule has 1 heterocycles.